The highest BCUT2D eigenvalue weighted by Crippen LogP contribution is 2.48. The van der Waals surface area contributed by atoms with E-state index in [0.717, 1.165) is 63.0 Å². The molecule has 5 heterocycles. The summed E-state index contributed by atoms with van der Waals surface area (Å²) in [6.07, 6.45) is 5.68. The van der Waals surface area contributed by atoms with Gasteiger partial charge in [-0.25, -0.2) is 4.39 Å². The quantitative estimate of drug-likeness (QED) is 0.275. The molecular formula is C35H38FN5O4. The van der Waals surface area contributed by atoms with Crippen LogP contribution in [-0.4, -0.2) is 80.4 Å². The van der Waals surface area contributed by atoms with Gasteiger partial charge in [-0.1, -0.05) is 24.3 Å². The van der Waals surface area contributed by atoms with Crippen LogP contribution in [0.1, 0.15) is 36.0 Å². The number of nitrogens with one attached hydrogen (secondary N) is 2. The number of pyridine rings is 1. The number of hydrogen-bond donors (Lipinski definition) is 2. The van der Waals surface area contributed by atoms with Gasteiger partial charge in [0.15, 0.2) is 17.3 Å². The third-order valence-electron chi connectivity index (χ3n) is 9.99. The van der Waals surface area contributed by atoms with E-state index in [1.807, 2.05) is 41.0 Å². The lowest BCUT2D eigenvalue weighted by Gasteiger charge is -2.43. The van der Waals surface area contributed by atoms with E-state index >= 15 is 4.39 Å². The van der Waals surface area contributed by atoms with E-state index in [-0.39, 0.29) is 17.0 Å². The van der Waals surface area contributed by atoms with Crippen molar-refractivity contribution in [2.24, 2.45) is 5.92 Å². The summed E-state index contributed by atoms with van der Waals surface area (Å²) in [6.45, 7) is 6.82. The van der Waals surface area contributed by atoms with Crippen LogP contribution in [0, 0.1) is 11.7 Å². The molecule has 2 unspecified atom stereocenters. The minimum atomic E-state index is -0.511. The van der Waals surface area contributed by atoms with E-state index in [9.17, 15) is 9.59 Å². The Morgan fingerprint density at radius 1 is 1.07 bits per heavy atom. The predicted molar refractivity (Wildman–Crippen MR) is 173 cm³/mol. The molecule has 10 heteroatoms. The van der Waals surface area contributed by atoms with Gasteiger partial charge in [0.1, 0.15) is 16.8 Å². The smallest absolute Gasteiger partial charge is 0.256 e. The predicted octanol–water partition coefficient (Wildman–Crippen LogP) is 4.42. The van der Waals surface area contributed by atoms with Gasteiger partial charge in [-0.2, -0.15) is 0 Å². The van der Waals surface area contributed by atoms with Crippen LogP contribution in [0.25, 0.3) is 27.4 Å². The molecule has 4 aromatic rings. The normalized spacial score (nSPS) is 21.3. The Hall–Kier alpha value is -3.99. The topological polar surface area (TPSA) is 88.1 Å². The van der Waals surface area contributed by atoms with Gasteiger partial charge in [-0.05, 0) is 73.7 Å². The largest absolute Gasteiger partial charge is 0.451 e. The number of rotatable bonds is 6. The molecule has 0 spiro atoms. The molecule has 0 saturated carbocycles. The molecule has 4 aliphatic heterocycles. The van der Waals surface area contributed by atoms with Crippen molar-refractivity contribution in [1.29, 1.82) is 0 Å². The van der Waals surface area contributed by atoms with Gasteiger partial charge < -0.3 is 29.6 Å². The van der Waals surface area contributed by atoms with Crippen LogP contribution in [0.5, 0.6) is 11.5 Å². The summed E-state index contributed by atoms with van der Waals surface area (Å²) < 4.78 is 30.1. The third kappa shape index (κ3) is 5.14. The van der Waals surface area contributed by atoms with Gasteiger partial charge in [-0.15, -0.1) is 0 Å². The second-order valence-electron chi connectivity index (χ2n) is 12.7. The minimum absolute atomic E-state index is 0.0137. The van der Waals surface area contributed by atoms with Crippen molar-refractivity contribution in [1.82, 2.24) is 20.1 Å². The molecule has 3 aromatic carbocycles. The molecule has 3 saturated heterocycles. The zero-order valence-electron chi connectivity index (χ0n) is 25.3. The summed E-state index contributed by atoms with van der Waals surface area (Å²) in [4.78, 5) is 31.8. The van der Waals surface area contributed by atoms with Crippen LogP contribution >= 0.6 is 0 Å². The highest BCUT2D eigenvalue weighted by Gasteiger charge is 2.36. The summed E-state index contributed by atoms with van der Waals surface area (Å²) >= 11 is 0. The second-order valence-corrected chi connectivity index (χ2v) is 12.7. The van der Waals surface area contributed by atoms with E-state index in [2.05, 4.69) is 20.4 Å². The van der Waals surface area contributed by atoms with Crippen molar-refractivity contribution in [3.05, 3.63) is 70.3 Å². The molecule has 4 aliphatic rings. The van der Waals surface area contributed by atoms with E-state index in [4.69, 9.17) is 9.47 Å². The molecule has 45 heavy (non-hydrogen) atoms. The third-order valence-corrected chi connectivity index (χ3v) is 9.99. The minimum Gasteiger partial charge on any atom is -0.451 e. The lowest BCUT2D eigenvalue weighted by molar-refractivity contribution is 0.0374. The van der Waals surface area contributed by atoms with Crippen molar-refractivity contribution < 1.29 is 18.7 Å². The van der Waals surface area contributed by atoms with Gasteiger partial charge in [0.25, 0.3) is 5.91 Å². The van der Waals surface area contributed by atoms with Gasteiger partial charge >= 0.3 is 0 Å². The average Bonchev–Trinajstić information content (AvgIpc) is 3.07. The number of morpholine rings is 1. The van der Waals surface area contributed by atoms with Crippen molar-refractivity contribution in [3.63, 3.8) is 0 Å². The van der Waals surface area contributed by atoms with Crippen LogP contribution in [0.2, 0.25) is 0 Å². The number of fused-ring (bicyclic) bond motifs is 4. The molecular weight excluding hydrogens is 573 g/mol. The first-order valence-corrected chi connectivity index (χ1v) is 16.2. The number of aromatic nitrogens is 1. The number of halogens is 1. The second kappa shape index (κ2) is 11.7. The zero-order valence-corrected chi connectivity index (χ0v) is 25.3. The standard InChI is InChI=1S/C35H38FN5O4/c36-27-19-25-31-34(32(27)40-12-8-22-7-3-9-37-28(22)21-40)45-30-18-24-6-2-1-5-23(24)17-29(30)41(31)20-26(33(25)42)35(43)38-10-4-11-39-13-15-44-16-14-39/h1-2,5-6,17-20,22,28,37H,3-4,7-16,21H2,(H,38,43). The molecule has 3 fully saturated rings. The van der Waals surface area contributed by atoms with E-state index in [1.165, 1.54) is 18.9 Å². The fourth-order valence-corrected chi connectivity index (χ4v) is 7.60. The van der Waals surface area contributed by atoms with Crippen LogP contribution in [0.15, 0.2) is 53.5 Å². The Morgan fingerprint density at radius 2 is 1.89 bits per heavy atom. The van der Waals surface area contributed by atoms with Crippen molar-refractivity contribution >= 4 is 33.3 Å². The Labute approximate surface area is 260 Å². The summed E-state index contributed by atoms with van der Waals surface area (Å²) in [5.74, 6) is 0.494. The monoisotopic (exact) mass is 611 g/mol. The number of piperidine rings is 2. The average molecular weight is 612 g/mol. The fourth-order valence-electron chi connectivity index (χ4n) is 7.60. The van der Waals surface area contributed by atoms with Gasteiger partial charge in [0.05, 0.1) is 24.3 Å². The molecule has 8 rings (SSSR count). The fraction of sp³-hybridized carbons (Fsp3) is 0.429. The Kier molecular flexibility index (Phi) is 7.43. The van der Waals surface area contributed by atoms with Crippen LogP contribution in [0.4, 0.5) is 10.1 Å². The van der Waals surface area contributed by atoms with E-state index in [1.54, 1.807) is 6.20 Å². The number of ether oxygens (including phenoxy) is 2. The highest BCUT2D eigenvalue weighted by atomic mass is 19.1. The number of benzene rings is 3. The van der Waals surface area contributed by atoms with Gasteiger partial charge in [0.2, 0.25) is 5.43 Å². The SMILES string of the molecule is O=C(NCCCN1CCOCC1)c1cn2c3c(c(N4CCC5CCCNC5C4)c(F)cc3c1=O)Oc1cc3ccccc3cc1-2. The maximum atomic E-state index is 16.3. The lowest BCUT2D eigenvalue weighted by atomic mass is 9.84. The molecule has 0 bridgehead atoms. The molecule has 9 nitrogen and oxygen atoms in total. The van der Waals surface area contributed by atoms with E-state index < -0.39 is 17.2 Å². The summed E-state index contributed by atoms with van der Waals surface area (Å²) in [6, 6.07) is 13.5. The van der Waals surface area contributed by atoms with Crippen molar-refractivity contribution in [3.8, 4) is 17.2 Å². The first kappa shape index (κ1) is 28.5. The number of carbonyl (C=O) groups is 1. The number of anilines is 1. The number of nitrogens with zero attached hydrogens (tertiary/aromatic N) is 3. The molecule has 0 radical (unpaired) electrons. The van der Waals surface area contributed by atoms with Crippen LogP contribution in [0.3, 0.4) is 0 Å². The maximum Gasteiger partial charge on any atom is 0.256 e. The molecule has 1 amide bonds. The number of carbonyl (C=O) groups excluding carboxylic acids is 1. The Morgan fingerprint density at radius 3 is 2.73 bits per heavy atom. The first-order chi connectivity index (χ1) is 22.0. The number of amides is 1. The zero-order chi connectivity index (χ0) is 30.5. The maximum absolute atomic E-state index is 16.3. The molecule has 234 valence electrons. The van der Waals surface area contributed by atoms with Crippen LogP contribution < -0.4 is 25.7 Å². The van der Waals surface area contributed by atoms with Gasteiger partial charge in [-0.3, -0.25) is 14.5 Å². The van der Waals surface area contributed by atoms with Crippen molar-refractivity contribution in [2.45, 2.75) is 31.7 Å². The Balaban J connectivity index is 1.20. The molecule has 2 N–H and O–H groups in total. The summed E-state index contributed by atoms with van der Waals surface area (Å²) in [7, 11) is 0. The lowest BCUT2D eigenvalue weighted by Crippen LogP contribution is -2.53. The number of hydrogen-bond acceptors (Lipinski definition) is 7. The summed E-state index contributed by atoms with van der Waals surface area (Å²) in [5, 5.41) is 8.69. The van der Waals surface area contributed by atoms with Gasteiger partial charge in [0, 0.05) is 45.0 Å². The highest BCUT2D eigenvalue weighted by molar-refractivity contribution is 6.02. The first-order valence-electron chi connectivity index (χ1n) is 16.2. The molecule has 1 aromatic heterocycles. The summed E-state index contributed by atoms with van der Waals surface area (Å²) in [5.41, 5.74) is 1.06. The van der Waals surface area contributed by atoms with Crippen molar-refractivity contribution in [2.75, 3.05) is 63.9 Å². The van der Waals surface area contributed by atoms with E-state index in [0.29, 0.717) is 53.9 Å². The van der Waals surface area contributed by atoms with Crippen LogP contribution in [-0.2, 0) is 4.74 Å². The Bertz CT molecular complexity index is 1850. The molecule has 2 atom stereocenters. The molecule has 0 aliphatic carbocycles.